The second-order valence-electron chi connectivity index (χ2n) is 6.18. The monoisotopic (exact) mass is 396 g/mol. The van der Waals surface area contributed by atoms with Crippen molar-refractivity contribution < 1.29 is 26.3 Å². The van der Waals surface area contributed by atoms with Crippen LogP contribution in [0.1, 0.15) is 30.6 Å². The number of hydrogen-bond donors (Lipinski definition) is 0. The largest absolute Gasteiger partial charge is 0.365 e. The van der Waals surface area contributed by atoms with Crippen molar-refractivity contribution in [3.63, 3.8) is 0 Å². The molecule has 0 nitrogen and oxygen atoms in total. The first-order chi connectivity index (χ1) is 11.4. The first-order valence-corrected chi connectivity index (χ1v) is 8.99. The van der Waals surface area contributed by atoms with E-state index in [2.05, 4.69) is 0 Å². The van der Waals surface area contributed by atoms with E-state index in [1.165, 1.54) is 26.0 Å². The Labute approximate surface area is 148 Å². The second-order valence-corrected chi connectivity index (χ2v) is 9.10. The smallest absolute Gasteiger partial charge is 0.207 e. The van der Waals surface area contributed by atoms with Crippen LogP contribution in [-0.4, -0.2) is 11.8 Å². The molecular formula is C17H14F6S2. The van der Waals surface area contributed by atoms with Crippen LogP contribution >= 0.6 is 22.7 Å². The van der Waals surface area contributed by atoms with Crippen LogP contribution in [0.15, 0.2) is 23.8 Å². The van der Waals surface area contributed by atoms with Gasteiger partial charge in [-0.3, -0.25) is 0 Å². The molecule has 0 aliphatic heterocycles. The molecule has 0 saturated carbocycles. The number of hydrogen-bond acceptors (Lipinski definition) is 2. The van der Waals surface area contributed by atoms with Crippen molar-refractivity contribution in [3.05, 3.63) is 54.4 Å². The molecule has 0 unspecified atom stereocenters. The summed E-state index contributed by atoms with van der Waals surface area (Å²) in [6.07, 6.45) is 0. The molecule has 0 fully saturated rings. The van der Waals surface area contributed by atoms with Gasteiger partial charge in [-0.1, -0.05) is 0 Å². The molecule has 0 bridgehead atoms. The van der Waals surface area contributed by atoms with Crippen LogP contribution in [0.3, 0.4) is 0 Å². The first kappa shape index (κ1) is 18.5. The van der Waals surface area contributed by atoms with Gasteiger partial charge in [0.1, 0.15) is 5.41 Å². The summed E-state index contributed by atoms with van der Waals surface area (Å²) in [5, 5.41) is 0. The fourth-order valence-corrected chi connectivity index (χ4v) is 5.50. The molecule has 2 aromatic heterocycles. The molecule has 2 heterocycles. The van der Waals surface area contributed by atoms with Crippen molar-refractivity contribution in [2.24, 2.45) is 0 Å². The lowest BCUT2D eigenvalue weighted by Crippen LogP contribution is -2.52. The van der Waals surface area contributed by atoms with E-state index in [1.807, 2.05) is 0 Å². The van der Waals surface area contributed by atoms with E-state index in [9.17, 15) is 17.6 Å². The summed E-state index contributed by atoms with van der Waals surface area (Å²) in [6.45, 7) is 6.09. The maximum atomic E-state index is 15.0. The average Bonchev–Trinajstić information content (AvgIpc) is 3.03. The lowest BCUT2D eigenvalue weighted by atomic mass is 9.70. The summed E-state index contributed by atoms with van der Waals surface area (Å²) in [7, 11) is 0. The number of rotatable bonds is 2. The molecule has 0 N–H and O–H groups in total. The molecule has 8 heteroatoms. The summed E-state index contributed by atoms with van der Waals surface area (Å²) < 4.78 is 87.2. The minimum absolute atomic E-state index is 0.251. The van der Waals surface area contributed by atoms with Crippen LogP contribution in [0.4, 0.5) is 26.3 Å². The number of allylic oxidation sites excluding steroid dienone is 2. The SMILES string of the molecule is Cc1cc(C2(c3cc(C)sc3C)C(F)=C(F)C(F)(F)C2(F)F)c(C)s1. The van der Waals surface area contributed by atoms with Gasteiger partial charge < -0.3 is 0 Å². The van der Waals surface area contributed by atoms with Gasteiger partial charge in [0, 0.05) is 19.5 Å². The third kappa shape index (κ3) is 2.07. The molecule has 1 aliphatic rings. The summed E-state index contributed by atoms with van der Waals surface area (Å²) in [4.78, 5) is 1.61. The Balaban J connectivity index is 2.52. The maximum absolute atomic E-state index is 15.0. The molecule has 0 atom stereocenters. The van der Waals surface area contributed by atoms with Gasteiger partial charge in [0.2, 0.25) is 5.83 Å². The first-order valence-electron chi connectivity index (χ1n) is 7.36. The van der Waals surface area contributed by atoms with Crippen molar-refractivity contribution in [1.29, 1.82) is 0 Å². The van der Waals surface area contributed by atoms with E-state index < -0.39 is 28.9 Å². The van der Waals surface area contributed by atoms with Gasteiger partial charge in [-0.15, -0.1) is 22.7 Å². The average molecular weight is 396 g/mol. The fourth-order valence-electron chi connectivity index (χ4n) is 3.54. The van der Waals surface area contributed by atoms with Gasteiger partial charge in [0.05, 0.1) is 0 Å². The number of halogens is 6. The summed E-state index contributed by atoms with van der Waals surface area (Å²) in [5.74, 6) is -15.0. The third-order valence-corrected chi connectivity index (χ3v) is 6.48. The number of thiophene rings is 2. The van der Waals surface area contributed by atoms with E-state index in [0.29, 0.717) is 9.75 Å². The third-order valence-electron chi connectivity index (χ3n) is 4.55. The summed E-state index contributed by atoms with van der Waals surface area (Å²) >= 11 is 2.16. The second kappa shape index (κ2) is 5.36. The molecule has 0 spiro atoms. The zero-order valence-electron chi connectivity index (χ0n) is 13.7. The molecule has 136 valence electrons. The van der Waals surface area contributed by atoms with Crippen LogP contribution in [0.2, 0.25) is 0 Å². The van der Waals surface area contributed by atoms with Crippen LogP contribution in [0.25, 0.3) is 0 Å². The number of aryl methyl sites for hydroxylation is 4. The van der Waals surface area contributed by atoms with Gasteiger partial charge in [-0.25, -0.2) is 8.78 Å². The highest BCUT2D eigenvalue weighted by molar-refractivity contribution is 7.12. The molecule has 0 saturated heterocycles. The summed E-state index contributed by atoms with van der Waals surface area (Å²) in [6, 6.07) is 2.49. The van der Waals surface area contributed by atoms with Gasteiger partial charge in [0.25, 0.3) is 0 Å². The van der Waals surface area contributed by atoms with Crippen molar-refractivity contribution in [3.8, 4) is 0 Å². The minimum atomic E-state index is -5.22. The Morgan fingerprint density at radius 1 is 0.720 bits per heavy atom. The van der Waals surface area contributed by atoms with Crippen LogP contribution in [0, 0.1) is 27.7 Å². The van der Waals surface area contributed by atoms with Gasteiger partial charge in [-0.05, 0) is 51.0 Å². The fraction of sp³-hybridized carbons (Fsp3) is 0.412. The topological polar surface area (TPSA) is 0 Å². The molecule has 0 amide bonds. The van der Waals surface area contributed by atoms with E-state index >= 15 is 8.78 Å². The normalized spacial score (nSPS) is 21.2. The Kier molecular flexibility index (Phi) is 3.97. The zero-order valence-corrected chi connectivity index (χ0v) is 15.4. The molecule has 0 aromatic carbocycles. The highest BCUT2D eigenvalue weighted by Crippen LogP contribution is 2.67. The van der Waals surface area contributed by atoms with Crippen LogP contribution in [0.5, 0.6) is 0 Å². The highest BCUT2D eigenvalue weighted by Gasteiger charge is 2.80. The minimum Gasteiger partial charge on any atom is -0.207 e. The predicted octanol–water partition coefficient (Wildman–Crippen LogP) is 6.76. The lowest BCUT2D eigenvalue weighted by molar-refractivity contribution is -0.204. The van der Waals surface area contributed by atoms with E-state index in [4.69, 9.17) is 0 Å². The zero-order chi connectivity index (χ0) is 18.9. The molecule has 25 heavy (non-hydrogen) atoms. The van der Waals surface area contributed by atoms with Crippen molar-refractivity contribution in [2.75, 3.05) is 0 Å². The van der Waals surface area contributed by atoms with Crippen molar-refractivity contribution in [2.45, 2.75) is 45.0 Å². The molecule has 2 aromatic rings. The Bertz CT molecular complexity index is 841. The molecule has 3 rings (SSSR count). The number of alkyl halides is 4. The van der Waals surface area contributed by atoms with Crippen LogP contribution in [-0.2, 0) is 5.41 Å². The van der Waals surface area contributed by atoms with Crippen molar-refractivity contribution in [1.82, 2.24) is 0 Å². The standard InChI is InChI=1S/C17H14F6S2/c1-7-5-11(9(3)24-7)15(12-6-8(2)25-10(12)4)13(18)14(19)16(20,21)17(15,22)23/h5-6H,1-4H3. The Morgan fingerprint density at radius 3 is 1.36 bits per heavy atom. The van der Waals surface area contributed by atoms with Gasteiger partial charge in [0.15, 0.2) is 5.83 Å². The van der Waals surface area contributed by atoms with E-state index in [-0.39, 0.29) is 20.9 Å². The van der Waals surface area contributed by atoms with Crippen LogP contribution < -0.4 is 0 Å². The Hall–Kier alpha value is -1.28. The van der Waals surface area contributed by atoms with Gasteiger partial charge >= 0.3 is 11.8 Å². The summed E-state index contributed by atoms with van der Waals surface area (Å²) in [5.41, 5.74) is -3.79. The highest BCUT2D eigenvalue weighted by atomic mass is 32.1. The van der Waals surface area contributed by atoms with E-state index in [0.717, 1.165) is 22.7 Å². The molecule has 1 aliphatic carbocycles. The molecular weight excluding hydrogens is 382 g/mol. The van der Waals surface area contributed by atoms with Crippen molar-refractivity contribution >= 4 is 22.7 Å². The Morgan fingerprint density at radius 2 is 1.12 bits per heavy atom. The maximum Gasteiger partial charge on any atom is 0.365 e. The quantitative estimate of drug-likeness (QED) is 0.492. The van der Waals surface area contributed by atoms with Gasteiger partial charge in [-0.2, -0.15) is 17.6 Å². The molecule has 0 radical (unpaired) electrons. The van der Waals surface area contributed by atoms with E-state index in [1.54, 1.807) is 13.8 Å². The lowest BCUT2D eigenvalue weighted by Gasteiger charge is -2.37. The predicted molar refractivity (Wildman–Crippen MR) is 87.5 cm³/mol.